The maximum Gasteiger partial charge on any atom is 0.430 e. The smallest absolute Gasteiger partial charge is 0.430 e. The number of alkyl halides is 3. The number of nitrogens with zero attached hydrogens (tertiary/aromatic N) is 1. The minimum Gasteiger partial charge on any atom is -0.542 e. The van der Waals surface area contributed by atoms with Crippen molar-refractivity contribution in [3.8, 4) is 0 Å². The van der Waals surface area contributed by atoms with Crippen molar-refractivity contribution < 1.29 is 27.6 Å². The van der Waals surface area contributed by atoms with E-state index in [1.54, 1.807) is 0 Å². The average molecular weight is 398 g/mol. The number of carbonyl (C=O) groups excluding carboxylic acids is 1. The molecule has 0 saturated heterocycles. The zero-order valence-electron chi connectivity index (χ0n) is 18.0. The third-order valence-electron chi connectivity index (χ3n) is 4.41. The third kappa shape index (κ3) is 27.5. The summed E-state index contributed by atoms with van der Waals surface area (Å²) >= 11 is 0. The second kappa shape index (κ2) is 17.3. The van der Waals surface area contributed by atoms with Gasteiger partial charge in [0, 0.05) is 0 Å². The Kier molecular flexibility index (Phi) is 18.2. The molecule has 0 rings (SSSR count). The first-order valence-electron chi connectivity index (χ1n) is 10.6. The van der Waals surface area contributed by atoms with Gasteiger partial charge in [-0.15, -0.1) is 0 Å². The predicted octanol–water partition coefficient (Wildman–Crippen LogP) is 5.47. The van der Waals surface area contributed by atoms with Crippen molar-refractivity contribution in [3.05, 3.63) is 0 Å². The van der Waals surface area contributed by atoms with E-state index >= 15 is 0 Å². The molecule has 0 saturated carbocycles. The molecular weight excluding hydrogens is 355 g/mol. The van der Waals surface area contributed by atoms with Gasteiger partial charge in [0.25, 0.3) is 0 Å². The molecule has 0 aromatic rings. The van der Waals surface area contributed by atoms with Crippen LogP contribution in [-0.4, -0.2) is 44.3 Å². The number of hydrogen-bond donors (Lipinski definition) is 0. The highest BCUT2D eigenvalue weighted by molar-refractivity contribution is 5.70. The number of carboxylic acids is 1. The lowest BCUT2D eigenvalue weighted by Gasteiger charge is -2.23. The lowest BCUT2D eigenvalue weighted by Crippen LogP contribution is -2.37. The monoisotopic (exact) mass is 397 g/mol. The Hall–Kier alpha value is -0.780. The average Bonchev–Trinajstić information content (AvgIpc) is 2.54. The predicted molar refractivity (Wildman–Crippen MR) is 104 cm³/mol. The normalized spacial score (nSPS) is 11.8. The molecule has 0 aliphatic heterocycles. The van der Waals surface area contributed by atoms with Crippen LogP contribution in [0.5, 0.6) is 0 Å². The summed E-state index contributed by atoms with van der Waals surface area (Å²) in [4.78, 5) is 8.78. The molecule has 0 radical (unpaired) electrons. The maximum atomic E-state index is 10.5. The molecule has 0 aromatic carbocycles. The van der Waals surface area contributed by atoms with Crippen LogP contribution in [0.1, 0.15) is 96.8 Å². The van der Waals surface area contributed by atoms with Gasteiger partial charge in [-0.25, -0.2) is 0 Å². The number of carbonyl (C=O) groups is 1. The summed E-state index contributed by atoms with van der Waals surface area (Å²) in [6.07, 6.45) is 15.2. The minimum atomic E-state index is -5.19. The molecule has 0 bridgehead atoms. The molecule has 0 unspecified atom stereocenters. The largest absolute Gasteiger partial charge is 0.542 e. The molecule has 27 heavy (non-hydrogen) atoms. The molecular formula is C21H42F3NO2. The zero-order chi connectivity index (χ0) is 21.2. The number of quaternary nitrogens is 1. The minimum absolute atomic E-state index is 1.12. The molecule has 6 heteroatoms. The van der Waals surface area contributed by atoms with E-state index in [0.29, 0.717) is 0 Å². The van der Waals surface area contributed by atoms with E-state index in [9.17, 15) is 13.2 Å². The van der Waals surface area contributed by atoms with Crippen molar-refractivity contribution in [1.82, 2.24) is 0 Å². The summed E-state index contributed by atoms with van der Waals surface area (Å²) in [6, 6.07) is 0. The van der Waals surface area contributed by atoms with Crippen LogP contribution in [0.4, 0.5) is 13.2 Å². The quantitative estimate of drug-likeness (QED) is 0.271. The first kappa shape index (κ1) is 28.4. The van der Waals surface area contributed by atoms with Gasteiger partial charge in [-0.05, 0) is 12.8 Å². The van der Waals surface area contributed by atoms with Crippen LogP contribution in [0.25, 0.3) is 0 Å². The molecule has 0 atom stereocenters. The molecule has 164 valence electrons. The van der Waals surface area contributed by atoms with Crippen LogP contribution >= 0.6 is 0 Å². The zero-order valence-corrected chi connectivity index (χ0v) is 18.0. The van der Waals surface area contributed by atoms with Crippen molar-refractivity contribution in [2.75, 3.05) is 27.7 Å². The van der Waals surface area contributed by atoms with Crippen LogP contribution in [0.2, 0.25) is 0 Å². The van der Waals surface area contributed by atoms with Crippen molar-refractivity contribution in [2.45, 2.75) is 103 Å². The number of hydrogen-bond acceptors (Lipinski definition) is 2. The molecule has 3 nitrogen and oxygen atoms in total. The van der Waals surface area contributed by atoms with E-state index in [4.69, 9.17) is 9.90 Å². The number of halogens is 3. The van der Waals surface area contributed by atoms with Crippen molar-refractivity contribution in [1.29, 1.82) is 0 Å². The van der Waals surface area contributed by atoms with Crippen molar-refractivity contribution in [3.63, 3.8) is 0 Å². The Bertz CT molecular complexity index is 339. The molecule has 0 N–H and O–H groups in total. The highest BCUT2D eigenvalue weighted by Crippen LogP contribution is 2.13. The Morgan fingerprint density at radius 2 is 0.963 bits per heavy atom. The van der Waals surface area contributed by atoms with E-state index in [0.717, 1.165) is 4.48 Å². The van der Waals surface area contributed by atoms with Gasteiger partial charge in [0.2, 0.25) is 0 Å². The summed E-state index contributed by atoms with van der Waals surface area (Å²) in [6.45, 7) is 3.63. The fourth-order valence-corrected chi connectivity index (χ4v) is 2.78. The van der Waals surface area contributed by atoms with Crippen molar-refractivity contribution >= 4 is 5.97 Å². The standard InChI is InChI=1S/C19H42N.C2HF3O2/c1-5-6-7-8-9-10-11-12-13-14-15-16-17-18-19-20(2,3)4;3-2(4,5)1(6)7/h5-19H2,1-4H3;(H,6,7)/q+1;/p-1. The molecule has 0 aliphatic rings. The molecule has 0 amide bonds. The topological polar surface area (TPSA) is 40.1 Å². The van der Waals surface area contributed by atoms with Gasteiger partial charge in [-0.2, -0.15) is 13.2 Å². The molecule has 0 aromatic heterocycles. The Labute approximate surface area is 164 Å². The lowest BCUT2D eigenvalue weighted by molar-refractivity contribution is -0.870. The number of rotatable bonds is 15. The first-order chi connectivity index (χ1) is 12.5. The highest BCUT2D eigenvalue weighted by Gasteiger charge is 2.28. The van der Waals surface area contributed by atoms with Crippen LogP contribution in [-0.2, 0) is 4.79 Å². The summed E-state index contributed by atoms with van der Waals surface area (Å²) < 4.78 is 32.7. The fraction of sp³-hybridized carbons (Fsp3) is 0.952. The first-order valence-corrected chi connectivity index (χ1v) is 10.6. The molecule has 0 heterocycles. The van der Waals surface area contributed by atoms with Crippen LogP contribution in [0, 0.1) is 0 Å². The number of carboxylic acid groups (broad SMARTS) is 1. The van der Waals surface area contributed by atoms with Gasteiger partial charge in [0.15, 0.2) is 0 Å². The van der Waals surface area contributed by atoms with E-state index in [-0.39, 0.29) is 0 Å². The summed E-state index contributed by atoms with van der Waals surface area (Å²) in [7, 11) is 6.88. The van der Waals surface area contributed by atoms with Crippen LogP contribution < -0.4 is 5.11 Å². The lowest BCUT2D eigenvalue weighted by atomic mass is 10.0. The van der Waals surface area contributed by atoms with Gasteiger partial charge in [0.1, 0.15) is 5.97 Å². The van der Waals surface area contributed by atoms with Gasteiger partial charge in [-0.3, -0.25) is 0 Å². The van der Waals surface area contributed by atoms with Gasteiger partial charge in [-0.1, -0.05) is 84.0 Å². The summed E-state index contributed by atoms with van der Waals surface area (Å²) in [5.74, 6) is -3.01. The summed E-state index contributed by atoms with van der Waals surface area (Å²) in [5, 5.41) is 8.78. The van der Waals surface area contributed by atoms with Crippen LogP contribution in [0.15, 0.2) is 0 Å². The summed E-state index contributed by atoms with van der Waals surface area (Å²) in [5.41, 5.74) is 0. The molecule has 0 spiro atoms. The van der Waals surface area contributed by atoms with E-state index in [1.807, 2.05) is 0 Å². The van der Waals surface area contributed by atoms with Crippen LogP contribution in [0.3, 0.4) is 0 Å². The van der Waals surface area contributed by atoms with E-state index < -0.39 is 12.1 Å². The highest BCUT2D eigenvalue weighted by atomic mass is 19.4. The van der Waals surface area contributed by atoms with Crippen molar-refractivity contribution in [2.24, 2.45) is 0 Å². The van der Waals surface area contributed by atoms with E-state index in [2.05, 4.69) is 28.1 Å². The SMILES string of the molecule is CCCCCCCCCCCCCCCC[N+](C)(C)C.O=C([O-])C(F)(F)F. The molecule has 0 aliphatic carbocycles. The second-order valence-electron chi connectivity index (χ2n) is 8.40. The Morgan fingerprint density at radius 1 is 0.704 bits per heavy atom. The van der Waals surface area contributed by atoms with Gasteiger partial charge < -0.3 is 14.4 Å². The Morgan fingerprint density at radius 3 is 1.19 bits per heavy atom. The van der Waals surface area contributed by atoms with Gasteiger partial charge in [0.05, 0.1) is 27.7 Å². The number of unbranched alkanes of at least 4 members (excludes halogenated alkanes) is 13. The molecule has 0 fully saturated rings. The fourth-order valence-electron chi connectivity index (χ4n) is 2.78. The third-order valence-corrected chi connectivity index (χ3v) is 4.41. The Balaban J connectivity index is 0. The maximum absolute atomic E-state index is 10.5. The second-order valence-corrected chi connectivity index (χ2v) is 8.40. The van der Waals surface area contributed by atoms with E-state index in [1.165, 1.54) is 96.4 Å². The van der Waals surface area contributed by atoms with Gasteiger partial charge >= 0.3 is 6.18 Å². The number of aliphatic carboxylic acids is 1.